The molecule has 3 aromatic rings. The minimum absolute atomic E-state index is 0.0161. The van der Waals surface area contributed by atoms with Crippen LogP contribution in [0.1, 0.15) is 16.8 Å². The number of alkyl halides is 4. The maximum atomic E-state index is 14.3. The Morgan fingerprint density at radius 2 is 1.87 bits per heavy atom. The fraction of sp³-hybridized carbons (Fsp3) is 0.286. The predicted octanol–water partition coefficient (Wildman–Crippen LogP) is 5.72. The van der Waals surface area contributed by atoms with E-state index in [1.165, 1.54) is 43.5 Å². The van der Waals surface area contributed by atoms with Gasteiger partial charge in [-0.3, -0.25) is 4.79 Å². The van der Waals surface area contributed by atoms with Crippen molar-refractivity contribution in [3.05, 3.63) is 59.0 Å². The Morgan fingerprint density at radius 1 is 1.23 bits per heavy atom. The van der Waals surface area contributed by atoms with E-state index >= 15 is 0 Å². The summed E-state index contributed by atoms with van der Waals surface area (Å²) < 4.78 is 72.3. The number of hydrogen-bond acceptors (Lipinski definition) is 3. The molecular formula is C21H18F5NO3S. The minimum Gasteiger partial charge on any atom is -0.494 e. The number of halogens is 5. The lowest BCUT2D eigenvalue weighted by atomic mass is 10.1. The van der Waals surface area contributed by atoms with Gasteiger partial charge < -0.3 is 14.4 Å². The van der Waals surface area contributed by atoms with Crippen molar-refractivity contribution in [2.45, 2.75) is 36.5 Å². The summed E-state index contributed by atoms with van der Waals surface area (Å²) in [7, 11) is 1.31. The van der Waals surface area contributed by atoms with Gasteiger partial charge in [0.05, 0.1) is 19.0 Å². The predicted molar refractivity (Wildman–Crippen MR) is 107 cm³/mol. The standard InChI is InChI=1S/C21H18F5NO3S/c1-11-14(8-19(28)29)15-7-18(30-2)16(22)9-17(15)27(11)10-12-3-5-13(6-4-12)31-21(25,26)20(23)24/h3-7,9,20H,8,10H2,1-2H3,(H,28,29). The number of rotatable bonds is 8. The Balaban J connectivity index is 1.98. The van der Waals surface area contributed by atoms with Crippen LogP contribution in [0.3, 0.4) is 0 Å². The smallest absolute Gasteiger partial charge is 0.357 e. The molecule has 0 atom stereocenters. The summed E-state index contributed by atoms with van der Waals surface area (Å²) in [5.41, 5.74) is 2.20. The fourth-order valence-corrected chi connectivity index (χ4v) is 4.00. The third-order valence-corrected chi connectivity index (χ3v) is 5.79. The number of aromatic nitrogens is 1. The second kappa shape index (κ2) is 8.78. The molecule has 3 rings (SSSR count). The van der Waals surface area contributed by atoms with E-state index in [1.54, 1.807) is 11.5 Å². The second-order valence-corrected chi connectivity index (χ2v) is 8.05. The number of ether oxygens (including phenoxy) is 1. The van der Waals surface area contributed by atoms with Gasteiger partial charge in [0, 0.05) is 28.6 Å². The molecule has 31 heavy (non-hydrogen) atoms. The van der Waals surface area contributed by atoms with Crippen LogP contribution in [0.4, 0.5) is 22.0 Å². The lowest BCUT2D eigenvalue weighted by Crippen LogP contribution is -2.21. The zero-order valence-electron chi connectivity index (χ0n) is 16.5. The van der Waals surface area contributed by atoms with Crippen LogP contribution in [-0.2, 0) is 17.8 Å². The molecule has 0 saturated heterocycles. The molecular weight excluding hydrogens is 441 g/mol. The fourth-order valence-electron chi connectivity index (χ4n) is 3.33. The van der Waals surface area contributed by atoms with Gasteiger partial charge in [0.15, 0.2) is 11.6 Å². The van der Waals surface area contributed by atoms with E-state index in [4.69, 9.17) is 4.74 Å². The molecule has 0 unspecified atom stereocenters. The van der Waals surface area contributed by atoms with Crippen LogP contribution in [0.15, 0.2) is 41.3 Å². The summed E-state index contributed by atoms with van der Waals surface area (Å²) in [5, 5.41) is 5.59. The Hall–Kier alpha value is -2.75. The van der Waals surface area contributed by atoms with Crippen LogP contribution in [-0.4, -0.2) is 34.4 Å². The van der Waals surface area contributed by atoms with E-state index in [2.05, 4.69) is 0 Å². The van der Waals surface area contributed by atoms with Gasteiger partial charge in [-0.05, 0) is 48.0 Å². The molecule has 4 nitrogen and oxygen atoms in total. The van der Waals surface area contributed by atoms with E-state index < -0.39 is 23.5 Å². The highest BCUT2D eigenvalue weighted by Crippen LogP contribution is 2.40. The van der Waals surface area contributed by atoms with Gasteiger partial charge in [-0.25, -0.2) is 13.2 Å². The molecule has 10 heteroatoms. The van der Waals surface area contributed by atoms with Gasteiger partial charge in [0.1, 0.15) is 0 Å². The number of nitrogens with zero attached hydrogens (tertiary/aromatic N) is 1. The molecule has 1 heterocycles. The first-order chi connectivity index (χ1) is 14.5. The van der Waals surface area contributed by atoms with Gasteiger partial charge in [-0.15, -0.1) is 0 Å². The maximum Gasteiger partial charge on any atom is 0.357 e. The number of methoxy groups -OCH3 is 1. The van der Waals surface area contributed by atoms with Crippen molar-refractivity contribution in [2.24, 2.45) is 0 Å². The monoisotopic (exact) mass is 459 g/mol. The Kier molecular flexibility index (Phi) is 6.49. The highest BCUT2D eigenvalue weighted by atomic mass is 32.2. The van der Waals surface area contributed by atoms with Crippen molar-refractivity contribution < 1.29 is 36.6 Å². The Labute approximate surface area is 178 Å². The van der Waals surface area contributed by atoms with E-state index in [9.17, 15) is 31.9 Å². The van der Waals surface area contributed by atoms with Crippen molar-refractivity contribution in [1.82, 2.24) is 4.57 Å². The zero-order chi connectivity index (χ0) is 22.9. The van der Waals surface area contributed by atoms with E-state index in [0.29, 0.717) is 27.7 Å². The molecule has 0 amide bonds. The third kappa shape index (κ3) is 4.79. The summed E-state index contributed by atoms with van der Waals surface area (Å²) in [5.74, 6) is -1.68. The maximum absolute atomic E-state index is 14.3. The van der Waals surface area contributed by atoms with Crippen molar-refractivity contribution in [3.63, 3.8) is 0 Å². The number of aliphatic carboxylic acids is 1. The first-order valence-electron chi connectivity index (χ1n) is 9.04. The van der Waals surface area contributed by atoms with Crippen molar-refractivity contribution in [1.29, 1.82) is 0 Å². The normalized spacial score (nSPS) is 12.0. The molecule has 1 N–H and O–H groups in total. The average Bonchev–Trinajstić information content (AvgIpc) is 2.93. The van der Waals surface area contributed by atoms with Gasteiger partial charge in [0.2, 0.25) is 0 Å². The van der Waals surface area contributed by atoms with Crippen LogP contribution >= 0.6 is 11.8 Å². The molecule has 0 aliphatic carbocycles. The summed E-state index contributed by atoms with van der Waals surface area (Å²) >= 11 is -0.227. The Morgan fingerprint density at radius 3 is 2.42 bits per heavy atom. The van der Waals surface area contributed by atoms with Crippen molar-refractivity contribution >= 4 is 28.6 Å². The van der Waals surface area contributed by atoms with Gasteiger partial charge in [0.25, 0.3) is 0 Å². The summed E-state index contributed by atoms with van der Waals surface area (Å²) in [6.45, 7) is 1.90. The largest absolute Gasteiger partial charge is 0.494 e. The summed E-state index contributed by atoms with van der Waals surface area (Å²) in [6, 6.07) is 8.31. The highest BCUT2D eigenvalue weighted by molar-refractivity contribution is 8.00. The first kappa shape index (κ1) is 22.9. The zero-order valence-corrected chi connectivity index (χ0v) is 17.3. The van der Waals surface area contributed by atoms with Crippen LogP contribution in [0.5, 0.6) is 5.75 Å². The molecule has 0 bridgehead atoms. The number of hydrogen-bond donors (Lipinski definition) is 1. The van der Waals surface area contributed by atoms with Crippen LogP contribution < -0.4 is 4.74 Å². The molecule has 1 aromatic heterocycles. The number of fused-ring (bicyclic) bond motifs is 1. The molecule has 0 aliphatic heterocycles. The van der Waals surface area contributed by atoms with Gasteiger partial charge in [-0.1, -0.05) is 12.1 Å². The van der Waals surface area contributed by atoms with E-state index in [1.807, 2.05) is 0 Å². The van der Waals surface area contributed by atoms with Crippen LogP contribution in [0, 0.1) is 12.7 Å². The molecule has 0 saturated carbocycles. The Bertz CT molecular complexity index is 1110. The van der Waals surface area contributed by atoms with Crippen molar-refractivity contribution in [3.8, 4) is 5.75 Å². The lowest BCUT2D eigenvalue weighted by Gasteiger charge is -2.15. The number of carboxylic acids is 1. The van der Waals surface area contributed by atoms with Gasteiger partial charge in [-0.2, -0.15) is 8.78 Å². The molecule has 166 valence electrons. The minimum atomic E-state index is -4.20. The summed E-state index contributed by atoms with van der Waals surface area (Å²) in [4.78, 5) is 11.3. The first-order valence-corrected chi connectivity index (χ1v) is 9.86. The number of thioether (sulfide) groups is 1. The van der Waals surface area contributed by atoms with Gasteiger partial charge >= 0.3 is 17.6 Å². The lowest BCUT2D eigenvalue weighted by molar-refractivity contribution is -0.136. The number of benzene rings is 2. The van der Waals surface area contributed by atoms with E-state index in [-0.39, 0.29) is 35.4 Å². The second-order valence-electron chi connectivity index (χ2n) is 6.83. The molecule has 0 radical (unpaired) electrons. The SMILES string of the molecule is COc1cc2c(CC(=O)O)c(C)n(Cc3ccc(SC(F)(F)C(F)F)cc3)c2cc1F. The quantitative estimate of drug-likeness (QED) is 0.346. The molecule has 2 aromatic carbocycles. The van der Waals surface area contributed by atoms with Crippen LogP contribution in [0.2, 0.25) is 0 Å². The topological polar surface area (TPSA) is 51.5 Å². The number of carbonyl (C=O) groups is 1. The van der Waals surface area contributed by atoms with E-state index in [0.717, 1.165) is 0 Å². The van der Waals surface area contributed by atoms with Crippen LogP contribution in [0.25, 0.3) is 10.9 Å². The average molecular weight is 459 g/mol. The summed E-state index contributed by atoms with van der Waals surface area (Å²) in [6.07, 6.45) is -4.06. The third-order valence-electron chi connectivity index (χ3n) is 4.83. The molecule has 0 spiro atoms. The van der Waals surface area contributed by atoms with Crippen molar-refractivity contribution in [2.75, 3.05) is 7.11 Å². The number of carboxylic acid groups (broad SMARTS) is 1. The molecule has 0 aliphatic rings. The highest BCUT2D eigenvalue weighted by Gasteiger charge is 2.41. The molecule has 0 fully saturated rings.